The zero-order chi connectivity index (χ0) is 16.1. The van der Waals surface area contributed by atoms with Crippen molar-refractivity contribution in [2.24, 2.45) is 5.92 Å². The average molecular weight is 329 g/mol. The van der Waals surface area contributed by atoms with Crippen LogP contribution in [0.2, 0.25) is 0 Å². The first kappa shape index (κ1) is 16.1. The second kappa shape index (κ2) is 7.64. The van der Waals surface area contributed by atoms with E-state index in [1.807, 2.05) is 12.1 Å². The van der Waals surface area contributed by atoms with Gasteiger partial charge in [0.1, 0.15) is 5.75 Å². The number of amides is 1. The largest absolute Gasteiger partial charge is 0.508 e. The third kappa shape index (κ3) is 4.14. The van der Waals surface area contributed by atoms with Crippen LogP contribution >= 0.6 is 11.3 Å². The second-order valence-corrected chi connectivity index (χ2v) is 7.21. The predicted molar refractivity (Wildman–Crippen MR) is 93.6 cm³/mol. The zero-order valence-corrected chi connectivity index (χ0v) is 14.0. The molecule has 2 N–H and O–H groups in total. The third-order valence-corrected chi connectivity index (χ3v) is 5.61. The lowest BCUT2D eigenvalue weighted by Gasteiger charge is -2.24. The van der Waals surface area contributed by atoms with Crippen LogP contribution in [0.15, 0.2) is 41.8 Å². The molecule has 0 aliphatic heterocycles. The molecule has 1 heterocycles. The van der Waals surface area contributed by atoms with E-state index in [1.54, 1.807) is 23.5 Å². The molecule has 0 spiro atoms. The molecule has 3 nitrogen and oxygen atoms in total. The van der Waals surface area contributed by atoms with Gasteiger partial charge in [-0.3, -0.25) is 4.79 Å². The molecule has 1 atom stereocenters. The fourth-order valence-corrected chi connectivity index (χ4v) is 4.27. The molecule has 122 valence electrons. The molecule has 1 aliphatic carbocycles. The van der Waals surface area contributed by atoms with Crippen LogP contribution in [0.3, 0.4) is 0 Å². The van der Waals surface area contributed by atoms with Crippen LogP contribution in [0, 0.1) is 5.92 Å². The molecule has 4 heteroatoms. The molecule has 1 amide bonds. The summed E-state index contributed by atoms with van der Waals surface area (Å²) in [5.41, 5.74) is 0.830. The van der Waals surface area contributed by atoms with Crippen LogP contribution in [0.1, 0.15) is 48.6 Å². The van der Waals surface area contributed by atoms with Gasteiger partial charge in [-0.2, -0.15) is 0 Å². The van der Waals surface area contributed by atoms with Gasteiger partial charge >= 0.3 is 0 Å². The number of aromatic hydroxyl groups is 1. The van der Waals surface area contributed by atoms with Crippen molar-refractivity contribution < 1.29 is 9.90 Å². The minimum Gasteiger partial charge on any atom is -0.508 e. The highest BCUT2D eigenvalue weighted by molar-refractivity contribution is 7.10. The Balaban J connectivity index is 1.61. The molecule has 23 heavy (non-hydrogen) atoms. The van der Waals surface area contributed by atoms with Gasteiger partial charge in [0.05, 0.1) is 6.04 Å². The van der Waals surface area contributed by atoms with Gasteiger partial charge in [-0.05, 0) is 48.3 Å². The van der Waals surface area contributed by atoms with Crippen LogP contribution in [0.25, 0.3) is 0 Å². The summed E-state index contributed by atoms with van der Waals surface area (Å²) in [5, 5.41) is 15.1. The van der Waals surface area contributed by atoms with Gasteiger partial charge in [-0.15, -0.1) is 11.3 Å². The van der Waals surface area contributed by atoms with Gasteiger partial charge in [0.25, 0.3) is 0 Å². The average Bonchev–Trinajstić information content (AvgIpc) is 3.25. The molecule has 1 aliphatic rings. The lowest BCUT2D eigenvalue weighted by Crippen LogP contribution is -2.32. The summed E-state index contributed by atoms with van der Waals surface area (Å²) >= 11 is 1.72. The number of phenols is 1. The standard InChI is InChI=1S/C19H23NO2S/c21-16-9-4-3-6-14(16)11-12-18(22)20-19(15-7-1-2-8-15)17-10-5-13-23-17/h3-6,9-10,13,15,19,21H,1-2,7-8,11-12H2,(H,20,22). The fraction of sp³-hybridized carbons (Fsp3) is 0.421. The molecular weight excluding hydrogens is 306 g/mol. The maximum atomic E-state index is 12.4. The maximum Gasteiger partial charge on any atom is 0.220 e. The summed E-state index contributed by atoms with van der Waals surface area (Å²) in [5.74, 6) is 0.896. The number of nitrogens with one attached hydrogen (secondary N) is 1. The first-order valence-corrected chi connectivity index (χ1v) is 9.21. The number of aryl methyl sites for hydroxylation is 1. The van der Waals surface area contributed by atoms with Crippen molar-refractivity contribution in [3.8, 4) is 5.75 Å². The Labute approximate surface area is 141 Å². The Morgan fingerprint density at radius 3 is 2.70 bits per heavy atom. The Bertz CT molecular complexity index is 633. The lowest BCUT2D eigenvalue weighted by molar-refractivity contribution is -0.122. The fourth-order valence-electron chi connectivity index (χ4n) is 3.40. The summed E-state index contributed by atoms with van der Waals surface area (Å²) in [6, 6.07) is 11.5. The van der Waals surface area contributed by atoms with E-state index < -0.39 is 0 Å². The monoisotopic (exact) mass is 329 g/mol. The first-order valence-electron chi connectivity index (χ1n) is 8.33. The number of phenolic OH excluding ortho intramolecular Hbond substituents is 1. The SMILES string of the molecule is O=C(CCc1ccccc1O)NC(c1cccs1)C1CCCC1. The number of hydrogen-bond donors (Lipinski definition) is 2. The van der Waals surface area contributed by atoms with Crippen LogP contribution < -0.4 is 5.32 Å². The minimum atomic E-state index is 0.0681. The molecule has 3 rings (SSSR count). The zero-order valence-electron chi connectivity index (χ0n) is 13.2. The van der Waals surface area contributed by atoms with Crippen molar-refractivity contribution in [3.63, 3.8) is 0 Å². The van der Waals surface area contributed by atoms with Crippen LogP contribution in [0.5, 0.6) is 5.75 Å². The van der Waals surface area contributed by atoms with Gasteiger partial charge in [0.15, 0.2) is 0 Å². The van der Waals surface area contributed by atoms with Crippen molar-refractivity contribution in [1.82, 2.24) is 5.32 Å². The Morgan fingerprint density at radius 2 is 2.00 bits per heavy atom. The van der Waals surface area contributed by atoms with Gasteiger partial charge in [-0.1, -0.05) is 37.1 Å². The molecule has 1 aromatic heterocycles. The number of thiophene rings is 1. The summed E-state index contributed by atoms with van der Waals surface area (Å²) in [7, 11) is 0. The van der Waals surface area contributed by atoms with E-state index in [1.165, 1.54) is 30.6 Å². The van der Waals surface area contributed by atoms with E-state index in [9.17, 15) is 9.90 Å². The summed E-state index contributed by atoms with van der Waals surface area (Å²) in [6.45, 7) is 0. The molecule has 0 saturated heterocycles. The molecule has 1 saturated carbocycles. The van der Waals surface area contributed by atoms with Gasteiger partial charge in [0, 0.05) is 11.3 Å². The predicted octanol–water partition coefficient (Wildman–Crippen LogP) is 4.43. The van der Waals surface area contributed by atoms with Gasteiger partial charge in [0.2, 0.25) is 5.91 Å². The van der Waals surface area contributed by atoms with E-state index in [-0.39, 0.29) is 17.7 Å². The summed E-state index contributed by atoms with van der Waals surface area (Å²) < 4.78 is 0. The number of carbonyl (C=O) groups is 1. The smallest absolute Gasteiger partial charge is 0.220 e. The topological polar surface area (TPSA) is 49.3 Å². The lowest BCUT2D eigenvalue weighted by atomic mass is 9.96. The van der Waals surface area contributed by atoms with E-state index >= 15 is 0 Å². The van der Waals surface area contributed by atoms with Gasteiger partial charge in [-0.25, -0.2) is 0 Å². The number of benzene rings is 1. The van der Waals surface area contributed by atoms with Crippen molar-refractivity contribution in [2.45, 2.75) is 44.6 Å². The molecule has 1 aromatic carbocycles. The highest BCUT2D eigenvalue weighted by atomic mass is 32.1. The van der Waals surface area contributed by atoms with Crippen LogP contribution in [-0.2, 0) is 11.2 Å². The first-order chi connectivity index (χ1) is 11.2. The molecular formula is C19H23NO2S. The molecule has 1 fully saturated rings. The van der Waals surface area contributed by atoms with Crippen molar-refractivity contribution in [1.29, 1.82) is 0 Å². The van der Waals surface area contributed by atoms with E-state index in [4.69, 9.17) is 0 Å². The van der Waals surface area contributed by atoms with E-state index in [0.29, 0.717) is 18.8 Å². The Hall–Kier alpha value is -1.81. The minimum absolute atomic E-state index is 0.0681. The molecule has 0 radical (unpaired) electrons. The highest BCUT2D eigenvalue weighted by Gasteiger charge is 2.28. The highest BCUT2D eigenvalue weighted by Crippen LogP contribution is 2.37. The number of para-hydroxylation sites is 1. The van der Waals surface area contributed by atoms with Crippen LogP contribution in [0.4, 0.5) is 0 Å². The Morgan fingerprint density at radius 1 is 1.22 bits per heavy atom. The molecule has 0 bridgehead atoms. The van der Waals surface area contributed by atoms with E-state index in [0.717, 1.165) is 5.56 Å². The molecule has 2 aromatic rings. The normalized spacial score (nSPS) is 16.3. The van der Waals surface area contributed by atoms with Crippen molar-refractivity contribution >= 4 is 17.2 Å². The third-order valence-electron chi connectivity index (χ3n) is 4.65. The van der Waals surface area contributed by atoms with Crippen molar-refractivity contribution in [3.05, 3.63) is 52.2 Å². The van der Waals surface area contributed by atoms with Crippen LogP contribution in [-0.4, -0.2) is 11.0 Å². The number of rotatable bonds is 6. The maximum absolute atomic E-state index is 12.4. The number of carbonyl (C=O) groups excluding carboxylic acids is 1. The van der Waals surface area contributed by atoms with Gasteiger partial charge < -0.3 is 10.4 Å². The number of hydrogen-bond acceptors (Lipinski definition) is 3. The van der Waals surface area contributed by atoms with E-state index in [2.05, 4.69) is 22.8 Å². The summed E-state index contributed by atoms with van der Waals surface area (Å²) in [4.78, 5) is 13.7. The second-order valence-electron chi connectivity index (χ2n) is 6.23. The molecule has 1 unspecified atom stereocenters. The van der Waals surface area contributed by atoms with Crippen molar-refractivity contribution in [2.75, 3.05) is 0 Å². The quantitative estimate of drug-likeness (QED) is 0.823. The summed E-state index contributed by atoms with van der Waals surface area (Å²) in [6.07, 6.45) is 5.90. The Kier molecular flexibility index (Phi) is 5.34.